The summed E-state index contributed by atoms with van der Waals surface area (Å²) >= 11 is 0. The molecule has 1 amide bonds. The van der Waals surface area contributed by atoms with Gasteiger partial charge in [-0.1, -0.05) is 0 Å². The summed E-state index contributed by atoms with van der Waals surface area (Å²) in [5.41, 5.74) is 2.28. The van der Waals surface area contributed by atoms with Crippen molar-refractivity contribution in [3.8, 4) is 0 Å². The van der Waals surface area contributed by atoms with Crippen molar-refractivity contribution in [2.24, 2.45) is 5.92 Å². The Morgan fingerprint density at radius 3 is 3.21 bits per heavy atom. The van der Waals surface area contributed by atoms with Crippen LogP contribution in [0.2, 0.25) is 0 Å². The van der Waals surface area contributed by atoms with Gasteiger partial charge >= 0.3 is 0 Å². The van der Waals surface area contributed by atoms with Crippen molar-refractivity contribution in [3.05, 3.63) is 17.2 Å². The molecule has 1 aliphatic heterocycles. The lowest BCUT2D eigenvalue weighted by Gasteiger charge is -2.21. The van der Waals surface area contributed by atoms with Crippen molar-refractivity contribution in [2.75, 3.05) is 13.2 Å². The molecule has 1 aliphatic carbocycles. The van der Waals surface area contributed by atoms with Crippen molar-refractivity contribution in [2.45, 2.75) is 45.1 Å². The highest BCUT2D eigenvalue weighted by molar-refractivity contribution is 5.79. The molecule has 2 heterocycles. The number of carbonyl (C=O) groups is 1. The second kappa shape index (κ2) is 5.33. The zero-order valence-corrected chi connectivity index (χ0v) is 11.4. The molecule has 0 radical (unpaired) electrons. The van der Waals surface area contributed by atoms with E-state index in [2.05, 4.69) is 15.3 Å². The van der Waals surface area contributed by atoms with E-state index >= 15 is 0 Å². The maximum absolute atomic E-state index is 12.2. The predicted molar refractivity (Wildman–Crippen MR) is 70.8 cm³/mol. The number of nitrogens with one attached hydrogen (secondary N) is 2. The number of ether oxygens (including phenoxy) is 1. The summed E-state index contributed by atoms with van der Waals surface area (Å²) in [5, 5.41) is 3.03. The minimum Gasteiger partial charge on any atom is -0.376 e. The van der Waals surface area contributed by atoms with Crippen LogP contribution in [-0.2, 0) is 22.4 Å². The number of aromatic nitrogens is 2. The Kier molecular flexibility index (Phi) is 3.55. The second-order valence-corrected chi connectivity index (χ2v) is 5.57. The highest BCUT2D eigenvalue weighted by atomic mass is 16.5. The van der Waals surface area contributed by atoms with Gasteiger partial charge in [0.1, 0.15) is 5.82 Å². The van der Waals surface area contributed by atoms with Crippen LogP contribution in [-0.4, -0.2) is 35.1 Å². The molecule has 2 atom stereocenters. The molecule has 1 aromatic rings. The molecule has 1 saturated heterocycles. The largest absolute Gasteiger partial charge is 0.376 e. The lowest BCUT2D eigenvalue weighted by atomic mass is 9.89. The number of nitrogens with zero attached hydrogens (tertiary/aromatic N) is 1. The van der Waals surface area contributed by atoms with E-state index in [1.807, 2.05) is 6.92 Å². The lowest BCUT2D eigenvalue weighted by Crippen LogP contribution is -2.38. The quantitative estimate of drug-likeness (QED) is 0.858. The fraction of sp³-hybridized carbons (Fsp3) is 0.714. The smallest absolute Gasteiger partial charge is 0.223 e. The van der Waals surface area contributed by atoms with Crippen LogP contribution >= 0.6 is 0 Å². The summed E-state index contributed by atoms with van der Waals surface area (Å²) in [7, 11) is 0. The molecule has 1 fully saturated rings. The van der Waals surface area contributed by atoms with Gasteiger partial charge in [0.05, 0.1) is 11.8 Å². The normalized spacial score (nSPS) is 26.2. The lowest BCUT2D eigenvalue weighted by molar-refractivity contribution is -0.125. The summed E-state index contributed by atoms with van der Waals surface area (Å²) < 4.78 is 5.52. The Balaban J connectivity index is 1.53. The number of aromatic amines is 1. The fourth-order valence-electron chi connectivity index (χ4n) is 3.01. The van der Waals surface area contributed by atoms with Crippen molar-refractivity contribution >= 4 is 5.91 Å². The van der Waals surface area contributed by atoms with Crippen molar-refractivity contribution in [3.63, 3.8) is 0 Å². The first-order chi connectivity index (χ1) is 9.22. The predicted octanol–water partition coefficient (Wildman–Crippen LogP) is 1.12. The summed E-state index contributed by atoms with van der Waals surface area (Å²) in [6.45, 7) is 3.45. The van der Waals surface area contributed by atoms with Gasteiger partial charge < -0.3 is 15.0 Å². The van der Waals surface area contributed by atoms with Gasteiger partial charge in [0.2, 0.25) is 5.91 Å². The molecule has 5 heteroatoms. The highest BCUT2D eigenvalue weighted by Gasteiger charge is 2.27. The van der Waals surface area contributed by atoms with Crippen molar-refractivity contribution < 1.29 is 9.53 Å². The van der Waals surface area contributed by atoms with Crippen molar-refractivity contribution in [1.82, 2.24) is 15.3 Å². The Hall–Kier alpha value is -1.36. The van der Waals surface area contributed by atoms with Crippen LogP contribution in [0, 0.1) is 12.8 Å². The van der Waals surface area contributed by atoms with Gasteiger partial charge in [0, 0.05) is 31.2 Å². The average Bonchev–Trinajstić information content (AvgIpc) is 3.02. The molecular formula is C14H21N3O2. The standard InChI is InChI=1S/C14H21N3O2/c1-9-16-12-5-4-10(7-13(12)17-9)14(18)15-8-11-3-2-6-19-11/h10-11H,2-8H2,1H3,(H,15,18)(H,16,17). The Labute approximate surface area is 113 Å². The SMILES string of the molecule is Cc1nc2c([nH]1)CC(C(=O)NCC1CCCO1)CC2. The van der Waals surface area contributed by atoms with Crippen LogP contribution in [0.4, 0.5) is 0 Å². The van der Waals surface area contributed by atoms with Gasteiger partial charge in [0.25, 0.3) is 0 Å². The minimum absolute atomic E-state index is 0.0775. The number of fused-ring (bicyclic) bond motifs is 1. The number of amides is 1. The van der Waals surface area contributed by atoms with Crippen LogP contribution < -0.4 is 5.32 Å². The van der Waals surface area contributed by atoms with Gasteiger partial charge in [-0.25, -0.2) is 4.98 Å². The van der Waals surface area contributed by atoms with Gasteiger partial charge in [-0.05, 0) is 32.6 Å². The third kappa shape index (κ3) is 2.81. The average molecular weight is 263 g/mol. The molecule has 2 aliphatic rings. The molecule has 2 unspecified atom stereocenters. The van der Waals surface area contributed by atoms with Crippen LogP contribution in [0.1, 0.15) is 36.5 Å². The van der Waals surface area contributed by atoms with E-state index in [0.717, 1.165) is 55.9 Å². The highest BCUT2D eigenvalue weighted by Crippen LogP contribution is 2.24. The van der Waals surface area contributed by atoms with Gasteiger partial charge in [-0.15, -0.1) is 0 Å². The summed E-state index contributed by atoms with van der Waals surface area (Å²) in [6, 6.07) is 0. The molecule has 5 nitrogen and oxygen atoms in total. The van der Waals surface area contributed by atoms with E-state index in [9.17, 15) is 4.79 Å². The Morgan fingerprint density at radius 2 is 2.42 bits per heavy atom. The molecule has 19 heavy (non-hydrogen) atoms. The summed E-state index contributed by atoms with van der Waals surface area (Å²) in [4.78, 5) is 19.9. The van der Waals surface area contributed by atoms with E-state index in [4.69, 9.17) is 4.74 Å². The van der Waals surface area contributed by atoms with E-state index in [1.54, 1.807) is 0 Å². The van der Waals surface area contributed by atoms with E-state index in [0.29, 0.717) is 6.54 Å². The van der Waals surface area contributed by atoms with Crippen LogP contribution in [0.15, 0.2) is 0 Å². The Morgan fingerprint density at radius 1 is 1.53 bits per heavy atom. The Bertz CT molecular complexity index is 463. The molecule has 0 spiro atoms. The zero-order chi connectivity index (χ0) is 13.2. The molecule has 3 rings (SSSR count). The number of rotatable bonds is 3. The first-order valence-corrected chi connectivity index (χ1v) is 7.16. The molecule has 0 aromatic carbocycles. The van der Waals surface area contributed by atoms with Crippen LogP contribution in [0.5, 0.6) is 0 Å². The van der Waals surface area contributed by atoms with Crippen LogP contribution in [0.3, 0.4) is 0 Å². The molecule has 1 aromatic heterocycles. The monoisotopic (exact) mass is 263 g/mol. The zero-order valence-electron chi connectivity index (χ0n) is 11.4. The number of aryl methyl sites for hydroxylation is 2. The number of carbonyl (C=O) groups excluding carboxylic acids is 1. The summed E-state index contributed by atoms with van der Waals surface area (Å²) in [6.07, 6.45) is 4.98. The molecular weight excluding hydrogens is 242 g/mol. The first-order valence-electron chi connectivity index (χ1n) is 7.16. The fourth-order valence-corrected chi connectivity index (χ4v) is 3.01. The molecule has 2 N–H and O–H groups in total. The minimum atomic E-state index is 0.0775. The number of hydrogen-bond donors (Lipinski definition) is 2. The maximum atomic E-state index is 12.2. The number of hydrogen-bond acceptors (Lipinski definition) is 3. The molecule has 0 bridgehead atoms. The van der Waals surface area contributed by atoms with Gasteiger partial charge in [-0.3, -0.25) is 4.79 Å². The van der Waals surface area contributed by atoms with Crippen molar-refractivity contribution in [1.29, 1.82) is 0 Å². The van der Waals surface area contributed by atoms with Gasteiger partial charge in [0.15, 0.2) is 0 Å². The number of H-pyrrole nitrogens is 1. The molecule has 0 saturated carbocycles. The number of imidazole rings is 1. The van der Waals surface area contributed by atoms with Crippen LogP contribution in [0.25, 0.3) is 0 Å². The third-order valence-electron chi connectivity index (χ3n) is 4.06. The van der Waals surface area contributed by atoms with E-state index in [1.165, 1.54) is 0 Å². The topological polar surface area (TPSA) is 67.0 Å². The summed E-state index contributed by atoms with van der Waals surface area (Å²) in [5.74, 6) is 1.19. The molecule has 104 valence electrons. The maximum Gasteiger partial charge on any atom is 0.223 e. The van der Waals surface area contributed by atoms with E-state index < -0.39 is 0 Å². The third-order valence-corrected chi connectivity index (χ3v) is 4.06. The first kappa shape index (κ1) is 12.7. The van der Waals surface area contributed by atoms with Gasteiger partial charge in [-0.2, -0.15) is 0 Å². The van der Waals surface area contributed by atoms with E-state index in [-0.39, 0.29) is 17.9 Å². The second-order valence-electron chi connectivity index (χ2n) is 5.57.